The molecule has 2 aromatic heterocycles. The molecule has 3 rings (SSSR count). The summed E-state index contributed by atoms with van der Waals surface area (Å²) in [6.07, 6.45) is 1.41. The van der Waals surface area contributed by atoms with Gasteiger partial charge in [0, 0.05) is 17.5 Å². The molecular weight excluding hydrogens is 374 g/mol. The predicted octanol–water partition coefficient (Wildman–Crippen LogP) is 2.19. The number of aromatic nitrogens is 3. The molecule has 1 aromatic carbocycles. The summed E-state index contributed by atoms with van der Waals surface area (Å²) in [4.78, 5) is 20.0. The van der Waals surface area contributed by atoms with Gasteiger partial charge in [0.25, 0.3) is 0 Å². The van der Waals surface area contributed by atoms with Crippen LogP contribution < -0.4 is 14.2 Å². The maximum atomic E-state index is 12.2. The summed E-state index contributed by atoms with van der Waals surface area (Å²) in [6, 6.07) is 8.47. The molecule has 140 valence electrons. The number of carbonyl (C=O) groups is 1. The van der Waals surface area contributed by atoms with Crippen molar-refractivity contribution in [1.29, 1.82) is 0 Å². The monoisotopic (exact) mass is 389 g/mol. The Kier molecular flexibility index (Phi) is 5.03. The molecule has 0 bridgehead atoms. The molecule has 0 atom stereocenters. The molecular formula is C16H15N5O5S. The fourth-order valence-electron chi connectivity index (χ4n) is 2.26. The fraction of sp³-hybridized carbons (Fsp3) is 0.125. The number of benzene rings is 1. The van der Waals surface area contributed by atoms with Crippen LogP contribution in [0.3, 0.4) is 0 Å². The van der Waals surface area contributed by atoms with Gasteiger partial charge in [-0.25, -0.2) is 19.5 Å². The first-order valence-electron chi connectivity index (χ1n) is 7.68. The lowest BCUT2D eigenvalue weighted by atomic mass is 10.1. The van der Waals surface area contributed by atoms with Crippen LogP contribution in [0.1, 0.15) is 11.4 Å². The van der Waals surface area contributed by atoms with Crippen LogP contribution in [0, 0.1) is 13.8 Å². The van der Waals surface area contributed by atoms with Gasteiger partial charge >= 0.3 is 16.3 Å². The van der Waals surface area contributed by atoms with Crippen molar-refractivity contribution in [1.82, 2.24) is 19.8 Å². The van der Waals surface area contributed by atoms with E-state index >= 15 is 0 Å². The third-order valence-electron chi connectivity index (χ3n) is 3.22. The number of hydrogen-bond donors (Lipinski definition) is 2. The smallest absolute Gasteiger partial charge is 0.366 e. The molecule has 0 aliphatic heterocycles. The maximum absolute atomic E-state index is 12.2. The van der Waals surface area contributed by atoms with Gasteiger partial charge in [0.15, 0.2) is 11.5 Å². The van der Waals surface area contributed by atoms with Crippen molar-refractivity contribution >= 4 is 22.3 Å². The minimum Gasteiger partial charge on any atom is -0.366 e. The Balaban J connectivity index is 1.73. The molecule has 27 heavy (non-hydrogen) atoms. The van der Waals surface area contributed by atoms with E-state index in [0.717, 1.165) is 0 Å². The van der Waals surface area contributed by atoms with Crippen molar-refractivity contribution in [3.8, 4) is 17.1 Å². The van der Waals surface area contributed by atoms with Crippen molar-refractivity contribution in [3.05, 3.63) is 54.0 Å². The van der Waals surface area contributed by atoms with E-state index in [1.54, 1.807) is 48.9 Å². The van der Waals surface area contributed by atoms with Crippen LogP contribution in [0.25, 0.3) is 11.3 Å². The lowest BCUT2D eigenvalue weighted by Gasteiger charge is -2.11. The zero-order chi connectivity index (χ0) is 19.4. The molecule has 0 saturated carbocycles. The zero-order valence-electron chi connectivity index (χ0n) is 14.3. The summed E-state index contributed by atoms with van der Waals surface area (Å²) in [5, 5.41) is 5.82. The summed E-state index contributed by atoms with van der Waals surface area (Å²) in [5.41, 5.74) is 1.61. The molecule has 0 spiro atoms. The van der Waals surface area contributed by atoms with Gasteiger partial charge in [-0.2, -0.15) is 8.42 Å². The highest BCUT2D eigenvalue weighted by Gasteiger charge is 2.20. The first-order valence-corrected chi connectivity index (χ1v) is 9.09. The Labute approximate surface area is 154 Å². The topological polar surface area (TPSA) is 136 Å². The zero-order valence-corrected chi connectivity index (χ0v) is 15.1. The summed E-state index contributed by atoms with van der Waals surface area (Å²) in [6.45, 7) is 3.44. The molecule has 2 amide bonds. The third kappa shape index (κ3) is 4.79. The lowest BCUT2D eigenvalue weighted by Crippen LogP contribution is -2.37. The van der Waals surface area contributed by atoms with E-state index in [0.29, 0.717) is 22.7 Å². The van der Waals surface area contributed by atoms with Crippen LogP contribution >= 0.6 is 0 Å². The van der Waals surface area contributed by atoms with Gasteiger partial charge < -0.3 is 8.71 Å². The number of anilines is 1. The van der Waals surface area contributed by atoms with Gasteiger partial charge in [-0.15, -0.1) is 0 Å². The van der Waals surface area contributed by atoms with Crippen molar-refractivity contribution in [2.45, 2.75) is 13.8 Å². The second-order valence-corrected chi connectivity index (χ2v) is 6.72. The number of para-hydroxylation sites is 1. The second-order valence-electron chi connectivity index (χ2n) is 5.44. The SMILES string of the molecule is Cc1cc(C)nc(NC(=O)NS(=O)(=O)Oc2ccccc2-c2ccno2)n1. The molecule has 2 heterocycles. The first kappa shape index (κ1) is 18.3. The number of aryl methyl sites for hydroxylation is 2. The first-order chi connectivity index (χ1) is 12.8. The average Bonchev–Trinajstić information content (AvgIpc) is 3.07. The van der Waals surface area contributed by atoms with Crippen molar-refractivity contribution in [2.75, 3.05) is 5.32 Å². The molecule has 2 N–H and O–H groups in total. The van der Waals surface area contributed by atoms with Gasteiger partial charge in [0.2, 0.25) is 5.95 Å². The molecule has 3 aromatic rings. The Bertz CT molecular complexity index is 1050. The van der Waals surface area contributed by atoms with Gasteiger partial charge in [-0.05, 0) is 32.0 Å². The average molecular weight is 389 g/mol. The molecule has 0 unspecified atom stereocenters. The largest absolute Gasteiger partial charge is 0.411 e. The van der Waals surface area contributed by atoms with Crippen molar-refractivity contribution in [3.63, 3.8) is 0 Å². The van der Waals surface area contributed by atoms with Crippen LogP contribution in [-0.2, 0) is 10.3 Å². The maximum Gasteiger partial charge on any atom is 0.411 e. The number of rotatable bonds is 5. The van der Waals surface area contributed by atoms with E-state index < -0.39 is 16.3 Å². The molecule has 11 heteroatoms. The van der Waals surface area contributed by atoms with Gasteiger partial charge in [-0.3, -0.25) is 5.32 Å². The second kappa shape index (κ2) is 7.41. The Morgan fingerprint density at radius 1 is 1.11 bits per heavy atom. The van der Waals surface area contributed by atoms with E-state index in [1.807, 2.05) is 0 Å². The molecule has 0 fully saturated rings. The van der Waals surface area contributed by atoms with Crippen LogP contribution in [0.5, 0.6) is 5.75 Å². The van der Waals surface area contributed by atoms with E-state index in [1.165, 1.54) is 12.3 Å². The minimum absolute atomic E-state index is 0.0257. The van der Waals surface area contributed by atoms with Crippen LogP contribution in [0.2, 0.25) is 0 Å². The Morgan fingerprint density at radius 2 is 1.81 bits per heavy atom. The van der Waals surface area contributed by atoms with Crippen LogP contribution in [0.15, 0.2) is 47.1 Å². The van der Waals surface area contributed by atoms with Crippen LogP contribution in [-0.4, -0.2) is 29.6 Å². The minimum atomic E-state index is -4.47. The number of carbonyl (C=O) groups excluding carboxylic acids is 1. The summed E-state index contributed by atoms with van der Waals surface area (Å²) >= 11 is 0. The standard InChI is InChI=1S/C16H15N5O5S/c1-10-9-11(2)19-15(18-10)20-16(22)21-27(23,24)26-14-6-4-3-5-12(14)13-7-8-17-25-13/h3-9H,1-2H3,(H2,18,19,20,21,22). The molecule has 0 aliphatic carbocycles. The molecule has 0 aliphatic rings. The van der Waals surface area contributed by atoms with Gasteiger partial charge in [-0.1, -0.05) is 17.3 Å². The number of nitrogens with zero attached hydrogens (tertiary/aromatic N) is 3. The van der Waals surface area contributed by atoms with Crippen LogP contribution in [0.4, 0.5) is 10.7 Å². The number of amides is 2. The van der Waals surface area contributed by atoms with Crippen molar-refractivity contribution in [2.24, 2.45) is 0 Å². The van der Waals surface area contributed by atoms with Gasteiger partial charge in [0.05, 0.1) is 11.8 Å². The highest BCUT2D eigenvalue weighted by atomic mass is 32.2. The fourth-order valence-corrected chi connectivity index (χ4v) is 2.96. The quantitative estimate of drug-likeness (QED) is 0.677. The van der Waals surface area contributed by atoms with E-state index in [9.17, 15) is 13.2 Å². The lowest BCUT2D eigenvalue weighted by molar-refractivity contribution is 0.255. The Morgan fingerprint density at radius 3 is 2.48 bits per heavy atom. The van der Waals surface area contributed by atoms with Gasteiger partial charge in [0.1, 0.15) is 0 Å². The highest BCUT2D eigenvalue weighted by Crippen LogP contribution is 2.30. The summed E-state index contributed by atoms with van der Waals surface area (Å²) in [7, 11) is -4.47. The highest BCUT2D eigenvalue weighted by molar-refractivity contribution is 7.85. The normalized spacial score (nSPS) is 11.0. The number of hydrogen-bond acceptors (Lipinski definition) is 8. The van der Waals surface area contributed by atoms with E-state index in [-0.39, 0.29) is 11.7 Å². The number of urea groups is 1. The summed E-state index contributed by atoms with van der Waals surface area (Å²) < 4.78 is 36.1. The molecule has 0 radical (unpaired) electrons. The molecule has 10 nitrogen and oxygen atoms in total. The summed E-state index contributed by atoms with van der Waals surface area (Å²) in [5.74, 6) is 0.258. The predicted molar refractivity (Wildman–Crippen MR) is 95.1 cm³/mol. The molecule has 0 saturated heterocycles. The third-order valence-corrected chi connectivity index (χ3v) is 4.05. The number of nitrogens with one attached hydrogen (secondary N) is 2. The van der Waals surface area contributed by atoms with E-state index in [4.69, 9.17) is 8.71 Å². The Hall–Kier alpha value is -3.47. The van der Waals surface area contributed by atoms with Crippen molar-refractivity contribution < 1.29 is 21.9 Å². The van der Waals surface area contributed by atoms with E-state index in [2.05, 4.69) is 20.4 Å².